The zero-order valence-corrected chi connectivity index (χ0v) is 17.3. The molecule has 0 N–H and O–H groups in total. The van der Waals surface area contributed by atoms with Crippen LogP contribution in [-0.2, 0) is 9.78 Å². The molecule has 0 aliphatic rings. The van der Waals surface area contributed by atoms with Crippen molar-refractivity contribution in [1.82, 2.24) is 0 Å². The van der Waals surface area contributed by atoms with Gasteiger partial charge >= 0.3 is 5.97 Å². The first-order chi connectivity index (χ1) is 13.3. The van der Waals surface area contributed by atoms with E-state index in [2.05, 4.69) is 13.8 Å². The van der Waals surface area contributed by atoms with Gasteiger partial charge in [-0.2, -0.15) is 4.89 Å². The Bertz CT molecular complexity index is 470. The minimum absolute atomic E-state index is 0.455. The molecule has 0 saturated heterocycles. The summed E-state index contributed by atoms with van der Waals surface area (Å²) < 4.78 is 5.67. The summed E-state index contributed by atoms with van der Waals surface area (Å²) >= 11 is 0. The molecule has 0 unspecified atom stereocenters. The number of carbonyl (C=O) groups is 1. The molecule has 0 fully saturated rings. The van der Waals surface area contributed by atoms with Gasteiger partial charge in [0.2, 0.25) is 0 Å². The van der Waals surface area contributed by atoms with Gasteiger partial charge in [-0.25, -0.2) is 4.79 Å². The maximum Gasteiger partial charge on any atom is 0.373 e. The topological polar surface area (TPSA) is 44.8 Å². The van der Waals surface area contributed by atoms with Crippen LogP contribution < -0.4 is 4.74 Å². The van der Waals surface area contributed by atoms with Gasteiger partial charge in [-0.1, -0.05) is 78.1 Å². The molecule has 0 spiro atoms. The van der Waals surface area contributed by atoms with Crippen LogP contribution in [0.1, 0.15) is 101 Å². The van der Waals surface area contributed by atoms with Crippen molar-refractivity contribution in [2.24, 2.45) is 0 Å². The quantitative estimate of drug-likeness (QED) is 0.168. The summed E-state index contributed by atoms with van der Waals surface area (Å²) in [6.07, 6.45) is 14.6. The van der Waals surface area contributed by atoms with Gasteiger partial charge in [0.05, 0.1) is 18.8 Å². The Morgan fingerprint density at radius 3 is 1.85 bits per heavy atom. The highest BCUT2D eigenvalue weighted by molar-refractivity contribution is 5.89. The van der Waals surface area contributed by atoms with Gasteiger partial charge < -0.3 is 4.74 Å². The molecule has 0 amide bonds. The van der Waals surface area contributed by atoms with Gasteiger partial charge in [0.15, 0.2) is 0 Å². The van der Waals surface area contributed by atoms with E-state index >= 15 is 0 Å². The van der Waals surface area contributed by atoms with Crippen LogP contribution in [0.4, 0.5) is 0 Å². The van der Waals surface area contributed by atoms with Gasteiger partial charge in [0.25, 0.3) is 0 Å². The summed E-state index contributed by atoms with van der Waals surface area (Å²) in [4.78, 5) is 21.9. The Kier molecular flexibility index (Phi) is 14.5. The van der Waals surface area contributed by atoms with Gasteiger partial charge in [0.1, 0.15) is 5.75 Å². The second kappa shape index (κ2) is 16.6. The lowest BCUT2D eigenvalue weighted by molar-refractivity contribution is -0.241. The molecule has 0 aromatic heterocycles. The summed E-state index contributed by atoms with van der Waals surface area (Å²) in [6, 6.07) is 7.02. The summed E-state index contributed by atoms with van der Waals surface area (Å²) in [7, 11) is 0. The van der Waals surface area contributed by atoms with E-state index in [1.165, 1.54) is 57.8 Å². The number of ether oxygens (including phenoxy) is 1. The molecule has 0 aliphatic heterocycles. The lowest BCUT2D eigenvalue weighted by Gasteiger charge is -2.07. The number of rotatable bonds is 17. The van der Waals surface area contributed by atoms with Gasteiger partial charge in [-0.05, 0) is 37.1 Å². The van der Waals surface area contributed by atoms with Gasteiger partial charge in [-0.15, -0.1) is 0 Å². The largest absolute Gasteiger partial charge is 0.494 e. The number of hydrogen-bond acceptors (Lipinski definition) is 4. The van der Waals surface area contributed by atoms with E-state index in [0.29, 0.717) is 18.8 Å². The van der Waals surface area contributed by atoms with E-state index in [0.717, 1.165) is 25.0 Å². The van der Waals surface area contributed by atoms with Crippen LogP contribution in [0.3, 0.4) is 0 Å². The Morgan fingerprint density at radius 1 is 0.704 bits per heavy atom. The molecule has 1 aromatic carbocycles. The highest BCUT2D eigenvalue weighted by Crippen LogP contribution is 2.14. The third kappa shape index (κ3) is 12.5. The third-order valence-electron chi connectivity index (χ3n) is 4.57. The molecular formula is C23H38O4. The van der Waals surface area contributed by atoms with Crippen LogP contribution in [0.5, 0.6) is 5.75 Å². The predicted octanol–water partition coefficient (Wildman–Crippen LogP) is 6.87. The number of benzene rings is 1. The standard InChI is InChI=1S/C23H38O4/c1-3-5-7-9-10-11-12-14-20-26-27-23(24)21-15-17-22(18-16-21)25-19-13-8-6-4-2/h15-18H,3-14,19-20H2,1-2H3. The smallest absolute Gasteiger partial charge is 0.373 e. The Labute approximate surface area is 165 Å². The van der Waals surface area contributed by atoms with Crippen LogP contribution in [0, 0.1) is 0 Å². The number of hydrogen-bond donors (Lipinski definition) is 0. The lowest BCUT2D eigenvalue weighted by Crippen LogP contribution is -2.07. The molecule has 0 saturated carbocycles. The van der Waals surface area contributed by atoms with E-state index in [1.807, 2.05) is 0 Å². The average molecular weight is 379 g/mol. The molecule has 27 heavy (non-hydrogen) atoms. The monoisotopic (exact) mass is 378 g/mol. The molecule has 0 radical (unpaired) electrons. The second-order valence-corrected chi connectivity index (χ2v) is 7.10. The van der Waals surface area contributed by atoms with Crippen LogP contribution in [0.25, 0.3) is 0 Å². The SMILES string of the molecule is CCCCCCCCCCOOC(=O)c1ccc(OCCCCCC)cc1. The first kappa shape index (κ1) is 23.5. The van der Waals surface area contributed by atoms with Crippen LogP contribution in [0.2, 0.25) is 0 Å². The Balaban J connectivity index is 2.06. The van der Waals surface area contributed by atoms with Crippen molar-refractivity contribution < 1.29 is 19.3 Å². The van der Waals surface area contributed by atoms with E-state index in [1.54, 1.807) is 24.3 Å². The fraction of sp³-hybridized carbons (Fsp3) is 0.696. The fourth-order valence-electron chi connectivity index (χ4n) is 2.84. The van der Waals surface area contributed by atoms with Gasteiger partial charge in [0, 0.05) is 0 Å². The van der Waals surface area contributed by atoms with Crippen molar-refractivity contribution >= 4 is 5.97 Å². The zero-order valence-electron chi connectivity index (χ0n) is 17.3. The van der Waals surface area contributed by atoms with Crippen LogP contribution in [0.15, 0.2) is 24.3 Å². The van der Waals surface area contributed by atoms with Crippen LogP contribution in [-0.4, -0.2) is 19.2 Å². The second-order valence-electron chi connectivity index (χ2n) is 7.10. The Morgan fingerprint density at radius 2 is 1.22 bits per heavy atom. The first-order valence-electron chi connectivity index (χ1n) is 10.8. The first-order valence-corrected chi connectivity index (χ1v) is 10.8. The van der Waals surface area contributed by atoms with Crippen molar-refractivity contribution in [2.45, 2.75) is 90.9 Å². The zero-order chi connectivity index (χ0) is 19.6. The molecule has 4 heteroatoms. The summed E-state index contributed by atoms with van der Waals surface area (Å²) in [5.74, 6) is 0.326. The molecule has 0 bridgehead atoms. The van der Waals surface area contributed by atoms with Gasteiger partial charge in [-0.3, -0.25) is 4.89 Å². The molecule has 0 heterocycles. The molecule has 1 aromatic rings. The lowest BCUT2D eigenvalue weighted by atomic mass is 10.1. The van der Waals surface area contributed by atoms with E-state index in [4.69, 9.17) is 14.5 Å². The minimum atomic E-state index is -0.455. The normalized spacial score (nSPS) is 10.7. The minimum Gasteiger partial charge on any atom is -0.494 e. The summed E-state index contributed by atoms with van der Waals surface area (Å²) in [5, 5.41) is 0. The van der Waals surface area contributed by atoms with Crippen molar-refractivity contribution in [3.63, 3.8) is 0 Å². The van der Waals surface area contributed by atoms with E-state index < -0.39 is 5.97 Å². The molecular weight excluding hydrogens is 340 g/mol. The molecule has 154 valence electrons. The number of carbonyl (C=O) groups excluding carboxylic acids is 1. The molecule has 0 aliphatic carbocycles. The number of unbranched alkanes of at least 4 members (excludes halogenated alkanes) is 10. The average Bonchev–Trinajstić information content (AvgIpc) is 2.69. The molecule has 1 rings (SSSR count). The Hall–Kier alpha value is -1.55. The third-order valence-corrected chi connectivity index (χ3v) is 4.57. The fourth-order valence-corrected chi connectivity index (χ4v) is 2.84. The highest BCUT2D eigenvalue weighted by atomic mass is 17.2. The van der Waals surface area contributed by atoms with E-state index in [9.17, 15) is 4.79 Å². The van der Waals surface area contributed by atoms with Crippen molar-refractivity contribution in [1.29, 1.82) is 0 Å². The maximum absolute atomic E-state index is 11.9. The maximum atomic E-state index is 11.9. The highest BCUT2D eigenvalue weighted by Gasteiger charge is 2.08. The van der Waals surface area contributed by atoms with Crippen molar-refractivity contribution in [2.75, 3.05) is 13.2 Å². The summed E-state index contributed by atoms with van der Waals surface area (Å²) in [6.45, 7) is 5.60. The van der Waals surface area contributed by atoms with Crippen LogP contribution >= 0.6 is 0 Å². The van der Waals surface area contributed by atoms with Crippen molar-refractivity contribution in [3.05, 3.63) is 29.8 Å². The molecule has 4 nitrogen and oxygen atoms in total. The van der Waals surface area contributed by atoms with Crippen molar-refractivity contribution in [3.8, 4) is 5.75 Å². The van der Waals surface area contributed by atoms with E-state index in [-0.39, 0.29) is 0 Å². The molecule has 0 atom stereocenters. The predicted molar refractivity (Wildman–Crippen MR) is 110 cm³/mol. The summed E-state index contributed by atoms with van der Waals surface area (Å²) in [5.41, 5.74) is 0.476.